The first kappa shape index (κ1) is 27.4. The van der Waals surface area contributed by atoms with Crippen LogP contribution < -0.4 is 20.3 Å². The maximum Gasteiger partial charge on any atom is 0.258 e. The van der Waals surface area contributed by atoms with E-state index in [0.717, 1.165) is 71.6 Å². The second-order valence-corrected chi connectivity index (χ2v) is 11.4. The summed E-state index contributed by atoms with van der Waals surface area (Å²) >= 11 is 0. The Kier molecular flexibility index (Phi) is 8.26. The predicted octanol–water partition coefficient (Wildman–Crippen LogP) is 6.14. The average Bonchev–Trinajstić information content (AvgIpc) is 3.41. The number of nitrogens with zero attached hydrogens (tertiary/aromatic N) is 2. The van der Waals surface area contributed by atoms with Gasteiger partial charge >= 0.3 is 0 Å². The highest BCUT2D eigenvalue weighted by Gasteiger charge is 2.25. The van der Waals surface area contributed by atoms with Crippen LogP contribution in [0.3, 0.4) is 0 Å². The Morgan fingerprint density at radius 2 is 1.85 bits per heavy atom. The summed E-state index contributed by atoms with van der Waals surface area (Å²) in [5.41, 5.74) is 5.76. The number of aromatic amines is 1. The van der Waals surface area contributed by atoms with E-state index in [-0.39, 0.29) is 5.91 Å². The number of carbonyl (C=O) groups excluding carboxylic acids is 1. The molecule has 6 rings (SSSR count). The first-order valence-corrected chi connectivity index (χ1v) is 15.0. The van der Waals surface area contributed by atoms with Crippen LogP contribution in [0.25, 0.3) is 22.0 Å². The summed E-state index contributed by atoms with van der Waals surface area (Å²) in [7, 11) is 2.06. The molecule has 0 saturated carbocycles. The molecule has 7 heteroatoms. The first-order chi connectivity index (χ1) is 20.1. The van der Waals surface area contributed by atoms with Crippen LogP contribution in [0.15, 0.2) is 72.9 Å². The van der Waals surface area contributed by atoms with Crippen molar-refractivity contribution in [3.63, 3.8) is 0 Å². The molecule has 4 aromatic rings. The number of amides is 1. The number of fused-ring (bicyclic) bond motifs is 2. The number of anilines is 2. The van der Waals surface area contributed by atoms with Gasteiger partial charge in [0, 0.05) is 48.0 Å². The molecule has 3 N–H and O–H groups in total. The van der Waals surface area contributed by atoms with Gasteiger partial charge in [-0.1, -0.05) is 18.2 Å². The highest BCUT2D eigenvalue weighted by Crippen LogP contribution is 2.35. The fourth-order valence-electron chi connectivity index (χ4n) is 6.13. The number of H-pyrrole nitrogens is 1. The van der Waals surface area contributed by atoms with E-state index in [0.29, 0.717) is 30.8 Å². The Hall–Kier alpha value is -3.81. The summed E-state index contributed by atoms with van der Waals surface area (Å²) in [6.07, 6.45) is 6.18. The molecule has 3 aromatic carbocycles. The van der Waals surface area contributed by atoms with Gasteiger partial charge in [-0.05, 0) is 112 Å². The minimum atomic E-state index is -0.00163. The van der Waals surface area contributed by atoms with Gasteiger partial charge in [0.2, 0.25) is 0 Å². The lowest BCUT2D eigenvalue weighted by Gasteiger charge is -2.31. The Morgan fingerprint density at radius 1 is 1.00 bits per heavy atom. The van der Waals surface area contributed by atoms with Crippen molar-refractivity contribution in [1.29, 1.82) is 0 Å². The second-order valence-electron chi connectivity index (χ2n) is 11.4. The summed E-state index contributed by atoms with van der Waals surface area (Å²) in [6.45, 7) is 6.71. The zero-order valence-corrected chi connectivity index (χ0v) is 24.2. The number of rotatable bonds is 8. The highest BCUT2D eigenvalue weighted by molar-refractivity contribution is 6.08. The van der Waals surface area contributed by atoms with Crippen LogP contribution in [0.4, 0.5) is 11.4 Å². The molecule has 1 amide bonds. The molecule has 0 radical (unpaired) electrons. The van der Waals surface area contributed by atoms with E-state index >= 15 is 0 Å². The fourth-order valence-corrected chi connectivity index (χ4v) is 6.13. The minimum absolute atomic E-state index is 0.00163. The largest absolute Gasteiger partial charge is 0.493 e. The number of para-hydroxylation sites is 2. The first-order valence-electron chi connectivity index (χ1n) is 15.0. The van der Waals surface area contributed by atoms with E-state index in [9.17, 15) is 4.79 Å². The van der Waals surface area contributed by atoms with Gasteiger partial charge in [-0.25, -0.2) is 0 Å². The van der Waals surface area contributed by atoms with E-state index in [1.54, 1.807) is 0 Å². The molecular weight excluding hydrogens is 510 g/mol. The molecule has 1 fully saturated rings. The van der Waals surface area contributed by atoms with Gasteiger partial charge in [0.1, 0.15) is 5.75 Å². The maximum atomic E-state index is 14.0. The summed E-state index contributed by atoms with van der Waals surface area (Å²) in [5, 5.41) is 8.11. The summed E-state index contributed by atoms with van der Waals surface area (Å²) < 4.78 is 6.48. The van der Waals surface area contributed by atoms with Crippen LogP contribution in [0.5, 0.6) is 5.75 Å². The van der Waals surface area contributed by atoms with Crippen molar-refractivity contribution in [2.75, 3.05) is 50.1 Å². The van der Waals surface area contributed by atoms with Crippen LogP contribution in [-0.4, -0.2) is 67.7 Å². The molecule has 41 heavy (non-hydrogen) atoms. The van der Waals surface area contributed by atoms with Crippen molar-refractivity contribution in [2.45, 2.75) is 44.7 Å². The molecule has 1 atom stereocenters. The zero-order valence-electron chi connectivity index (χ0n) is 24.2. The van der Waals surface area contributed by atoms with Gasteiger partial charge in [0.05, 0.1) is 18.0 Å². The third-order valence-electron chi connectivity index (χ3n) is 8.59. The Bertz CT molecular complexity index is 1490. The molecule has 2 aliphatic heterocycles. The van der Waals surface area contributed by atoms with Crippen molar-refractivity contribution in [3.8, 4) is 16.9 Å². The van der Waals surface area contributed by atoms with E-state index in [1.807, 2.05) is 53.6 Å². The van der Waals surface area contributed by atoms with Crippen molar-refractivity contribution >= 4 is 28.2 Å². The molecule has 3 heterocycles. The van der Waals surface area contributed by atoms with Gasteiger partial charge in [-0.15, -0.1) is 0 Å². The number of benzene rings is 3. The van der Waals surface area contributed by atoms with Crippen molar-refractivity contribution < 1.29 is 9.53 Å². The Labute approximate surface area is 242 Å². The Morgan fingerprint density at radius 3 is 2.71 bits per heavy atom. The van der Waals surface area contributed by atoms with E-state index in [4.69, 9.17) is 4.74 Å². The number of piperidine rings is 1. The van der Waals surface area contributed by atoms with Gasteiger partial charge in [0.15, 0.2) is 0 Å². The topological polar surface area (TPSA) is 72.6 Å². The average molecular weight is 552 g/mol. The lowest BCUT2D eigenvalue weighted by atomic mass is 10.0. The quantitative estimate of drug-likeness (QED) is 0.230. The summed E-state index contributed by atoms with van der Waals surface area (Å²) in [4.78, 5) is 21.7. The third-order valence-corrected chi connectivity index (χ3v) is 8.59. The molecule has 7 nitrogen and oxygen atoms in total. The number of aromatic nitrogens is 1. The van der Waals surface area contributed by atoms with Gasteiger partial charge in [-0.2, -0.15) is 0 Å². The third kappa shape index (κ3) is 6.11. The molecular formula is C34H41N5O2. The molecule has 1 aromatic heterocycles. The van der Waals surface area contributed by atoms with Crippen molar-refractivity contribution in [3.05, 3.63) is 78.5 Å². The number of carbonyl (C=O) groups is 1. The maximum absolute atomic E-state index is 14.0. The predicted molar refractivity (Wildman–Crippen MR) is 168 cm³/mol. The molecule has 0 spiro atoms. The molecule has 2 aliphatic rings. The minimum Gasteiger partial charge on any atom is -0.493 e. The molecule has 0 unspecified atom stereocenters. The number of hydrogen-bond donors (Lipinski definition) is 3. The van der Waals surface area contributed by atoms with Gasteiger partial charge in [0.25, 0.3) is 5.91 Å². The van der Waals surface area contributed by atoms with E-state index in [1.165, 1.54) is 12.8 Å². The Balaban J connectivity index is 1.24. The molecule has 0 bridgehead atoms. The fraction of sp³-hybridized carbons (Fsp3) is 0.382. The lowest BCUT2D eigenvalue weighted by molar-refractivity contribution is 0.0986. The SMILES string of the molecule is CNC1CCN(CCCOc2cc(C(=O)N3CC[C@H](C)Nc4ccccc43)ccc2-c2ccc3[nH]ccc3c2)CC1. The molecule has 214 valence electrons. The zero-order chi connectivity index (χ0) is 28.2. The summed E-state index contributed by atoms with van der Waals surface area (Å²) in [5.74, 6) is 0.757. The van der Waals surface area contributed by atoms with Crippen LogP contribution in [0, 0.1) is 0 Å². The van der Waals surface area contributed by atoms with E-state index < -0.39 is 0 Å². The molecule has 1 saturated heterocycles. The van der Waals surface area contributed by atoms with Crippen LogP contribution in [-0.2, 0) is 0 Å². The van der Waals surface area contributed by atoms with Crippen molar-refractivity contribution in [1.82, 2.24) is 15.2 Å². The number of likely N-dealkylation sites (tertiary alicyclic amines) is 1. The lowest BCUT2D eigenvalue weighted by Crippen LogP contribution is -2.41. The second kappa shape index (κ2) is 12.4. The number of nitrogens with one attached hydrogen (secondary N) is 3. The van der Waals surface area contributed by atoms with Crippen LogP contribution in [0.2, 0.25) is 0 Å². The highest BCUT2D eigenvalue weighted by atomic mass is 16.5. The monoisotopic (exact) mass is 551 g/mol. The van der Waals surface area contributed by atoms with Gasteiger partial charge < -0.3 is 30.2 Å². The van der Waals surface area contributed by atoms with Crippen LogP contribution >= 0.6 is 0 Å². The van der Waals surface area contributed by atoms with E-state index in [2.05, 4.69) is 58.8 Å². The standard InChI is InChI=1S/C34H41N5O2/c1-24-13-20-39(32-7-4-3-6-31(32)37-24)34(40)27-8-10-29(25-9-11-30-26(22-25)12-16-36-30)33(23-27)41-21-5-17-38-18-14-28(35-2)15-19-38/h3-4,6-12,16,22-24,28,35-37H,5,13-15,17-21H2,1-2H3/t24-/m0/s1. The summed E-state index contributed by atoms with van der Waals surface area (Å²) in [6, 6.07) is 23.4. The number of ether oxygens (including phenoxy) is 1. The number of hydrogen-bond acceptors (Lipinski definition) is 5. The van der Waals surface area contributed by atoms with Gasteiger partial charge in [-0.3, -0.25) is 4.79 Å². The molecule has 0 aliphatic carbocycles. The smallest absolute Gasteiger partial charge is 0.258 e. The van der Waals surface area contributed by atoms with Crippen molar-refractivity contribution in [2.24, 2.45) is 0 Å². The normalized spacial score (nSPS) is 18.1. The van der Waals surface area contributed by atoms with Crippen LogP contribution in [0.1, 0.15) is 43.0 Å².